The van der Waals surface area contributed by atoms with E-state index < -0.39 is 0 Å². The van der Waals surface area contributed by atoms with E-state index in [9.17, 15) is 4.79 Å². The quantitative estimate of drug-likeness (QED) is 0.449. The van der Waals surface area contributed by atoms with Crippen molar-refractivity contribution in [3.05, 3.63) is 66.0 Å². The molecule has 6 nitrogen and oxygen atoms in total. The Hall–Kier alpha value is -3.16. The van der Waals surface area contributed by atoms with Gasteiger partial charge >= 0.3 is 0 Å². The third-order valence-corrected chi connectivity index (χ3v) is 5.29. The normalized spacial score (nSPS) is 10.7. The SMILES string of the molecule is COc1ccc(-c2cc(NC(=O)CCl)n(-c3nc(-c4ccccc4)cs3)n2)cc1. The molecule has 0 aliphatic heterocycles. The molecule has 0 fully saturated rings. The number of ether oxygens (including phenoxy) is 1. The molecule has 4 aromatic rings. The summed E-state index contributed by atoms with van der Waals surface area (Å²) in [5.74, 6) is 0.816. The summed E-state index contributed by atoms with van der Waals surface area (Å²) in [6.45, 7) is 0. The molecule has 8 heteroatoms. The maximum absolute atomic E-state index is 11.9. The van der Waals surface area contributed by atoms with Crippen molar-refractivity contribution in [1.29, 1.82) is 0 Å². The molecule has 0 unspecified atom stereocenters. The lowest BCUT2D eigenvalue weighted by Crippen LogP contribution is -2.15. The van der Waals surface area contributed by atoms with Crippen LogP contribution >= 0.6 is 22.9 Å². The molecular formula is C21H17ClN4O2S. The van der Waals surface area contributed by atoms with Crippen LogP contribution in [0.5, 0.6) is 5.75 Å². The number of amides is 1. The average molecular weight is 425 g/mol. The van der Waals surface area contributed by atoms with Gasteiger partial charge < -0.3 is 10.1 Å². The third-order valence-electron chi connectivity index (χ3n) is 4.23. The second kappa shape index (κ2) is 8.46. The molecule has 0 saturated carbocycles. The molecule has 2 aromatic carbocycles. The monoisotopic (exact) mass is 424 g/mol. The molecule has 4 rings (SSSR count). The number of nitrogens with one attached hydrogen (secondary N) is 1. The van der Waals surface area contributed by atoms with Gasteiger partial charge in [0.15, 0.2) is 0 Å². The third kappa shape index (κ3) is 4.16. The van der Waals surface area contributed by atoms with Crippen LogP contribution in [0.25, 0.3) is 27.6 Å². The number of halogens is 1. The average Bonchev–Trinajstić information content (AvgIpc) is 3.41. The van der Waals surface area contributed by atoms with Gasteiger partial charge in [0.1, 0.15) is 17.4 Å². The summed E-state index contributed by atoms with van der Waals surface area (Å²) in [4.78, 5) is 16.6. The standard InChI is InChI=1S/C21H17ClN4O2S/c1-28-16-9-7-15(8-10-16)17-11-19(24-20(27)12-22)26(25-17)21-23-18(13-29-21)14-5-3-2-4-6-14/h2-11,13H,12H2,1H3,(H,24,27). The van der Waals surface area contributed by atoms with Gasteiger partial charge in [0, 0.05) is 22.6 Å². The number of methoxy groups -OCH3 is 1. The van der Waals surface area contributed by atoms with Crippen molar-refractivity contribution in [3.8, 4) is 33.4 Å². The van der Waals surface area contributed by atoms with E-state index in [1.807, 2.05) is 60.0 Å². The highest BCUT2D eigenvalue weighted by Gasteiger charge is 2.16. The summed E-state index contributed by atoms with van der Waals surface area (Å²) in [7, 11) is 1.62. The van der Waals surface area contributed by atoms with Crippen LogP contribution in [0.1, 0.15) is 0 Å². The number of thiazole rings is 1. The van der Waals surface area contributed by atoms with Crippen molar-refractivity contribution in [3.63, 3.8) is 0 Å². The summed E-state index contributed by atoms with van der Waals surface area (Å²) in [6.07, 6.45) is 0. The van der Waals surface area contributed by atoms with Crippen LogP contribution in [0.3, 0.4) is 0 Å². The van der Waals surface area contributed by atoms with E-state index in [0.29, 0.717) is 16.6 Å². The summed E-state index contributed by atoms with van der Waals surface area (Å²) >= 11 is 7.12. The maximum Gasteiger partial charge on any atom is 0.240 e. The van der Waals surface area contributed by atoms with Gasteiger partial charge in [0.25, 0.3) is 0 Å². The minimum Gasteiger partial charge on any atom is -0.497 e. The first kappa shape index (κ1) is 19.2. The molecule has 0 atom stereocenters. The van der Waals surface area contributed by atoms with Gasteiger partial charge in [-0.05, 0) is 24.3 Å². The first-order chi connectivity index (χ1) is 14.2. The molecule has 0 aliphatic rings. The fourth-order valence-corrected chi connectivity index (χ4v) is 3.66. The predicted octanol–water partition coefficient (Wildman–Crippen LogP) is 4.85. The first-order valence-electron chi connectivity index (χ1n) is 8.79. The number of benzene rings is 2. The summed E-state index contributed by atoms with van der Waals surface area (Å²) < 4.78 is 6.84. The van der Waals surface area contributed by atoms with Crippen molar-refractivity contribution in [1.82, 2.24) is 14.8 Å². The Morgan fingerprint density at radius 1 is 1.10 bits per heavy atom. The van der Waals surface area contributed by atoms with E-state index in [-0.39, 0.29) is 11.8 Å². The van der Waals surface area contributed by atoms with E-state index in [1.165, 1.54) is 11.3 Å². The lowest BCUT2D eigenvalue weighted by Gasteiger charge is -2.04. The second-order valence-corrected chi connectivity index (χ2v) is 7.22. The number of nitrogens with zero attached hydrogens (tertiary/aromatic N) is 3. The van der Waals surface area contributed by atoms with Gasteiger partial charge in [-0.1, -0.05) is 30.3 Å². The number of alkyl halides is 1. The Labute approximate surface area is 176 Å². The summed E-state index contributed by atoms with van der Waals surface area (Å²) in [5, 5.41) is 10.1. The number of hydrogen-bond donors (Lipinski definition) is 1. The molecule has 0 radical (unpaired) electrons. The van der Waals surface area contributed by atoms with Crippen LogP contribution in [-0.2, 0) is 4.79 Å². The zero-order valence-electron chi connectivity index (χ0n) is 15.5. The molecule has 0 spiro atoms. The molecule has 0 aliphatic carbocycles. The molecule has 2 heterocycles. The molecule has 0 saturated heterocycles. The van der Waals surface area contributed by atoms with E-state index in [0.717, 1.165) is 22.6 Å². The number of rotatable bonds is 6. The topological polar surface area (TPSA) is 69.0 Å². The highest BCUT2D eigenvalue weighted by atomic mass is 35.5. The van der Waals surface area contributed by atoms with E-state index >= 15 is 0 Å². The smallest absolute Gasteiger partial charge is 0.240 e. The van der Waals surface area contributed by atoms with Crippen LogP contribution in [0, 0.1) is 0 Å². The number of hydrogen-bond acceptors (Lipinski definition) is 5. The van der Waals surface area contributed by atoms with Crippen molar-refractivity contribution in [2.45, 2.75) is 0 Å². The Kier molecular flexibility index (Phi) is 5.59. The number of anilines is 1. The largest absolute Gasteiger partial charge is 0.497 e. The molecule has 146 valence electrons. The zero-order chi connectivity index (χ0) is 20.2. The van der Waals surface area contributed by atoms with E-state index in [1.54, 1.807) is 17.9 Å². The van der Waals surface area contributed by atoms with Crippen molar-refractivity contribution in [2.75, 3.05) is 18.3 Å². The van der Waals surface area contributed by atoms with E-state index in [2.05, 4.69) is 10.4 Å². The fourth-order valence-electron chi connectivity index (χ4n) is 2.80. The van der Waals surface area contributed by atoms with Crippen LogP contribution in [-0.4, -0.2) is 33.7 Å². The minimum atomic E-state index is -0.311. The molecular weight excluding hydrogens is 408 g/mol. The Balaban J connectivity index is 1.74. The van der Waals surface area contributed by atoms with Gasteiger partial charge in [-0.25, -0.2) is 4.98 Å². The van der Waals surface area contributed by atoms with Crippen LogP contribution in [0.4, 0.5) is 5.82 Å². The molecule has 1 amide bonds. The molecule has 1 N–H and O–H groups in total. The number of carbonyl (C=O) groups is 1. The lowest BCUT2D eigenvalue weighted by atomic mass is 10.1. The second-order valence-electron chi connectivity index (χ2n) is 6.12. The Morgan fingerprint density at radius 2 is 1.83 bits per heavy atom. The van der Waals surface area contributed by atoms with Gasteiger partial charge in [0.05, 0.1) is 18.5 Å². The summed E-state index contributed by atoms with van der Waals surface area (Å²) in [6, 6.07) is 19.3. The summed E-state index contributed by atoms with van der Waals surface area (Å²) in [5.41, 5.74) is 3.46. The Morgan fingerprint density at radius 3 is 2.52 bits per heavy atom. The van der Waals surface area contributed by atoms with Crippen molar-refractivity contribution >= 4 is 34.7 Å². The van der Waals surface area contributed by atoms with Crippen LogP contribution in [0.2, 0.25) is 0 Å². The zero-order valence-corrected chi connectivity index (χ0v) is 17.1. The minimum absolute atomic E-state index is 0.143. The van der Waals surface area contributed by atoms with Gasteiger partial charge in [-0.3, -0.25) is 4.79 Å². The number of aromatic nitrogens is 3. The van der Waals surface area contributed by atoms with Gasteiger partial charge in [0.2, 0.25) is 11.0 Å². The molecule has 2 aromatic heterocycles. The van der Waals surface area contributed by atoms with Crippen molar-refractivity contribution in [2.24, 2.45) is 0 Å². The van der Waals surface area contributed by atoms with Gasteiger partial charge in [-0.2, -0.15) is 9.78 Å². The van der Waals surface area contributed by atoms with Crippen LogP contribution in [0.15, 0.2) is 66.0 Å². The van der Waals surface area contributed by atoms with Crippen LogP contribution < -0.4 is 10.1 Å². The molecule has 29 heavy (non-hydrogen) atoms. The highest BCUT2D eigenvalue weighted by molar-refractivity contribution is 7.12. The van der Waals surface area contributed by atoms with Crippen molar-refractivity contribution < 1.29 is 9.53 Å². The fraction of sp³-hybridized carbons (Fsp3) is 0.0952. The maximum atomic E-state index is 11.9. The highest BCUT2D eigenvalue weighted by Crippen LogP contribution is 2.29. The van der Waals surface area contributed by atoms with E-state index in [4.69, 9.17) is 21.3 Å². The first-order valence-corrected chi connectivity index (χ1v) is 10.2. The molecule has 0 bridgehead atoms. The lowest BCUT2D eigenvalue weighted by molar-refractivity contribution is -0.114. The van der Waals surface area contributed by atoms with Gasteiger partial charge in [-0.15, -0.1) is 22.9 Å². The predicted molar refractivity (Wildman–Crippen MR) is 116 cm³/mol. The Bertz CT molecular complexity index is 1120. The number of carbonyl (C=O) groups excluding carboxylic acids is 1.